The smallest absolute Gasteiger partial charge is 0.0488 e. The molecule has 0 aliphatic carbocycles. The summed E-state index contributed by atoms with van der Waals surface area (Å²) < 4.78 is 5.15. The summed E-state index contributed by atoms with van der Waals surface area (Å²) in [5.74, 6) is 6.68. The van der Waals surface area contributed by atoms with Gasteiger partial charge in [-0.05, 0) is 32.2 Å². The molecule has 88 valence electrons. The van der Waals surface area contributed by atoms with Crippen molar-refractivity contribution in [1.29, 1.82) is 0 Å². The Hall–Kier alpha value is -0.520. The maximum Gasteiger partial charge on any atom is 0.0488 e. The number of methoxy groups -OCH3 is 1. The van der Waals surface area contributed by atoms with E-state index in [-0.39, 0.29) is 0 Å². The predicted octanol–water partition coefficient (Wildman–Crippen LogP) is 2.44. The van der Waals surface area contributed by atoms with Crippen molar-refractivity contribution in [2.24, 2.45) is 5.92 Å². The molecule has 0 fully saturated rings. The van der Waals surface area contributed by atoms with Crippen LogP contribution in [0.5, 0.6) is 0 Å². The highest BCUT2D eigenvalue weighted by atomic mass is 16.5. The first-order valence-electron chi connectivity index (χ1n) is 5.86. The summed E-state index contributed by atoms with van der Waals surface area (Å²) in [7, 11) is 1.77. The molecule has 1 N–H and O–H groups in total. The van der Waals surface area contributed by atoms with Gasteiger partial charge in [-0.25, -0.2) is 0 Å². The molecule has 0 aromatic rings. The van der Waals surface area contributed by atoms with E-state index < -0.39 is 0 Å². The first-order valence-corrected chi connectivity index (χ1v) is 5.86. The molecule has 2 nitrogen and oxygen atoms in total. The monoisotopic (exact) mass is 211 g/mol. The fourth-order valence-electron chi connectivity index (χ4n) is 1.80. The minimum atomic E-state index is 0.584. The van der Waals surface area contributed by atoms with Gasteiger partial charge >= 0.3 is 0 Å². The highest BCUT2D eigenvalue weighted by molar-refractivity contribution is 4.95. The van der Waals surface area contributed by atoms with E-state index in [1.54, 1.807) is 7.11 Å². The van der Waals surface area contributed by atoms with Gasteiger partial charge in [0.1, 0.15) is 0 Å². The molecule has 0 aromatic carbocycles. The molecule has 2 heteroatoms. The first-order chi connectivity index (χ1) is 7.24. The van der Waals surface area contributed by atoms with Gasteiger partial charge in [0.05, 0.1) is 0 Å². The van der Waals surface area contributed by atoms with Gasteiger partial charge in [0, 0.05) is 26.2 Å². The Balaban J connectivity index is 3.83. The Kier molecular flexibility index (Phi) is 9.67. The number of rotatable bonds is 8. The molecule has 0 amide bonds. The van der Waals surface area contributed by atoms with Gasteiger partial charge in [0.2, 0.25) is 0 Å². The number of hydrogen-bond donors (Lipinski definition) is 1. The fourth-order valence-corrected chi connectivity index (χ4v) is 1.80. The third-order valence-corrected chi connectivity index (χ3v) is 2.43. The highest BCUT2D eigenvalue weighted by Crippen LogP contribution is 2.10. The van der Waals surface area contributed by atoms with Crippen molar-refractivity contribution >= 4 is 0 Å². The van der Waals surface area contributed by atoms with Gasteiger partial charge in [0.15, 0.2) is 0 Å². The summed E-state index contributed by atoms with van der Waals surface area (Å²) in [6.07, 6.45) is 3.31. The summed E-state index contributed by atoms with van der Waals surface area (Å²) in [6, 6.07) is 0.584. The molecule has 0 spiro atoms. The summed E-state index contributed by atoms with van der Waals surface area (Å²) in [5.41, 5.74) is 0. The van der Waals surface area contributed by atoms with Crippen LogP contribution >= 0.6 is 0 Å². The first kappa shape index (κ1) is 14.5. The van der Waals surface area contributed by atoms with Gasteiger partial charge in [-0.3, -0.25) is 0 Å². The number of nitrogens with one attached hydrogen (secondary N) is 1. The molecule has 2 unspecified atom stereocenters. The highest BCUT2D eigenvalue weighted by Gasteiger charge is 2.11. The Morgan fingerprint density at radius 3 is 2.67 bits per heavy atom. The standard InChI is InChI=1S/C13H25NO/c1-5-7-8-9-13(14-6-2)10-12(3)11-15-4/h12-14H,6,8-11H2,1-4H3. The van der Waals surface area contributed by atoms with E-state index in [4.69, 9.17) is 4.74 Å². The van der Waals surface area contributed by atoms with Gasteiger partial charge in [-0.2, -0.15) is 0 Å². The predicted molar refractivity (Wildman–Crippen MR) is 65.8 cm³/mol. The van der Waals surface area contributed by atoms with E-state index in [1.165, 1.54) is 6.42 Å². The van der Waals surface area contributed by atoms with Crippen LogP contribution in [0.3, 0.4) is 0 Å². The Morgan fingerprint density at radius 1 is 1.40 bits per heavy atom. The van der Waals surface area contributed by atoms with Crippen molar-refractivity contribution < 1.29 is 4.74 Å². The lowest BCUT2D eigenvalue weighted by molar-refractivity contribution is 0.148. The lowest BCUT2D eigenvalue weighted by atomic mass is 9.99. The van der Waals surface area contributed by atoms with Gasteiger partial charge in [0.25, 0.3) is 0 Å². The Labute approximate surface area is 94.8 Å². The largest absolute Gasteiger partial charge is 0.384 e. The second-order valence-corrected chi connectivity index (χ2v) is 4.02. The van der Waals surface area contributed by atoms with Crippen LogP contribution in [-0.2, 0) is 4.74 Å². The van der Waals surface area contributed by atoms with Crippen molar-refractivity contribution in [2.45, 2.75) is 46.1 Å². The van der Waals surface area contributed by atoms with Crippen molar-refractivity contribution in [3.05, 3.63) is 0 Å². The van der Waals surface area contributed by atoms with Crippen LogP contribution in [0.1, 0.15) is 40.0 Å². The summed E-state index contributed by atoms with van der Waals surface area (Å²) in [6.45, 7) is 8.17. The summed E-state index contributed by atoms with van der Waals surface area (Å²) in [5, 5.41) is 3.51. The van der Waals surface area contributed by atoms with E-state index in [1.807, 2.05) is 6.92 Å². The lowest BCUT2D eigenvalue weighted by Crippen LogP contribution is -2.31. The van der Waals surface area contributed by atoms with Crippen LogP contribution in [0.2, 0.25) is 0 Å². The zero-order chi connectivity index (χ0) is 11.5. The normalized spacial score (nSPS) is 14.1. The second-order valence-electron chi connectivity index (χ2n) is 4.02. The SMILES string of the molecule is CC#CCCC(CC(C)COC)NCC. The molecule has 15 heavy (non-hydrogen) atoms. The van der Waals surface area contributed by atoms with Crippen LogP contribution in [0, 0.1) is 17.8 Å². The quantitative estimate of drug-likeness (QED) is 0.623. The molecule has 0 aliphatic rings. The van der Waals surface area contributed by atoms with Crippen LogP contribution in [0.25, 0.3) is 0 Å². The summed E-state index contributed by atoms with van der Waals surface area (Å²) >= 11 is 0. The van der Waals surface area contributed by atoms with Crippen LogP contribution in [0.4, 0.5) is 0 Å². The average molecular weight is 211 g/mol. The molecular formula is C13H25NO. The third kappa shape index (κ3) is 8.47. The second kappa shape index (κ2) is 10.0. The van der Waals surface area contributed by atoms with E-state index in [0.29, 0.717) is 12.0 Å². The molecule has 0 rings (SSSR count). The molecule has 0 radical (unpaired) electrons. The van der Waals surface area contributed by atoms with Gasteiger partial charge in [-0.15, -0.1) is 11.8 Å². The minimum absolute atomic E-state index is 0.584. The van der Waals surface area contributed by atoms with E-state index in [0.717, 1.165) is 26.0 Å². The van der Waals surface area contributed by atoms with Gasteiger partial charge in [-0.1, -0.05) is 13.8 Å². The number of hydrogen-bond acceptors (Lipinski definition) is 2. The van der Waals surface area contributed by atoms with Crippen molar-refractivity contribution in [1.82, 2.24) is 5.32 Å². The zero-order valence-electron chi connectivity index (χ0n) is 10.6. The molecule has 2 atom stereocenters. The van der Waals surface area contributed by atoms with Crippen LogP contribution in [0.15, 0.2) is 0 Å². The molecule has 0 aliphatic heterocycles. The maximum atomic E-state index is 5.15. The molecule has 0 heterocycles. The fraction of sp³-hybridized carbons (Fsp3) is 0.846. The van der Waals surface area contributed by atoms with Crippen molar-refractivity contribution in [2.75, 3.05) is 20.3 Å². The molecular weight excluding hydrogens is 186 g/mol. The summed E-state index contributed by atoms with van der Waals surface area (Å²) in [4.78, 5) is 0. The van der Waals surface area contributed by atoms with Crippen LogP contribution < -0.4 is 5.32 Å². The van der Waals surface area contributed by atoms with Crippen LogP contribution in [-0.4, -0.2) is 26.3 Å². The van der Waals surface area contributed by atoms with Crippen molar-refractivity contribution in [3.8, 4) is 11.8 Å². The van der Waals surface area contributed by atoms with E-state index in [2.05, 4.69) is 31.0 Å². The van der Waals surface area contributed by atoms with Crippen molar-refractivity contribution in [3.63, 3.8) is 0 Å². The average Bonchev–Trinajstić information content (AvgIpc) is 2.18. The lowest BCUT2D eigenvalue weighted by Gasteiger charge is -2.20. The third-order valence-electron chi connectivity index (χ3n) is 2.43. The Bertz CT molecular complexity index is 192. The van der Waals surface area contributed by atoms with E-state index >= 15 is 0 Å². The Morgan fingerprint density at radius 2 is 2.13 bits per heavy atom. The zero-order valence-corrected chi connectivity index (χ0v) is 10.6. The van der Waals surface area contributed by atoms with E-state index in [9.17, 15) is 0 Å². The molecule has 0 saturated heterocycles. The topological polar surface area (TPSA) is 21.3 Å². The maximum absolute atomic E-state index is 5.15. The number of ether oxygens (including phenoxy) is 1. The molecule has 0 bridgehead atoms. The molecule has 0 aromatic heterocycles. The minimum Gasteiger partial charge on any atom is -0.384 e. The van der Waals surface area contributed by atoms with Gasteiger partial charge < -0.3 is 10.1 Å². The molecule has 0 saturated carbocycles.